The van der Waals surface area contributed by atoms with E-state index in [0.717, 1.165) is 17.4 Å². The second kappa shape index (κ2) is 10.2. The summed E-state index contributed by atoms with van der Waals surface area (Å²) >= 11 is 6.39. The Labute approximate surface area is 230 Å². The average molecular weight is 613 g/mol. The molecule has 1 amide bonds. The summed E-state index contributed by atoms with van der Waals surface area (Å²) in [6.45, 7) is 0. The van der Waals surface area contributed by atoms with Crippen molar-refractivity contribution in [3.63, 3.8) is 0 Å². The normalized spacial score (nSPS) is 24.1. The minimum atomic E-state index is -4.32. The molecule has 0 aromatic carbocycles. The Balaban J connectivity index is 1.35. The maximum Gasteiger partial charge on any atom is 0.282 e. The van der Waals surface area contributed by atoms with E-state index in [4.69, 9.17) is 12.2 Å². The lowest BCUT2D eigenvalue weighted by Crippen LogP contribution is -2.50. The first-order valence-electron chi connectivity index (χ1n) is 12.1. The van der Waals surface area contributed by atoms with E-state index in [1.54, 1.807) is 0 Å². The molecule has 2 heterocycles. The number of anilines is 2. The minimum absolute atomic E-state index is 0.0263. The van der Waals surface area contributed by atoms with Crippen LogP contribution in [0.4, 0.5) is 32.8 Å². The number of carbonyl (C=O) groups is 1. The van der Waals surface area contributed by atoms with Gasteiger partial charge in [0.2, 0.25) is 15.9 Å². The van der Waals surface area contributed by atoms with Gasteiger partial charge in [0.05, 0.1) is 5.92 Å². The number of hydrogen-bond donors (Lipinski definition) is 4. The maximum absolute atomic E-state index is 13.5. The Morgan fingerprint density at radius 3 is 2.54 bits per heavy atom. The molecule has 3 aliphatic rings. The molecular formula is C22H25F5N6O3S3. The average Bonchev–Trinajstić information content (AvgIpc) is 3.26. The Bertz CT molecular complexity index is 1400. The Morgan fingerprint density at radius 1 is 1.26 bits per heavy atom. The zero-order valence-electron chi connectivity index (χ0n) is 20.4. The highest BCUT2D eigenvalue weighted by Crippen LogP contribution is 2.44. The van der Waals surface area contributed by atoms with Crippen LogP contribution in [0.2, 0.25) is 0 Å². The molecule has 0 spiro atoms. The number of halogens is 5. The van der Waals surface area contributed by atoms with Crippen molar-refractivity contribution in [2.45, 2.75) is 74.0 Å². The molecule has 9 nitrogen and oxygen atoms in total. The fourth-order valence-electron chi connectivity index (χ4n) is 4.76. The fraction of sp³-hybridized carbons (Fsp3) is 0.591. The van der Waals surface area contributed by atoms with E-state index in [0.29, 0.717) is 23.3 Å². The van der Waals surface area contributed by atoms with Crippen LogP contribution >= 0.6 is 23.6 Å². The summed E-state index contributed by atoms with van der Waals surface area (Å²) in [4.78, 5) is 12.9. The van der Waals surface area contributed by atoms with Crippen LogP contribution in [0, 0.1) is 5.92 Å². The van der Waals surface area contributed by atoms with Crippen LogP contribution in [-0.4, -0.2) is 53.4 Å². The van der Waals surface area contributed by atoms with Gasteiger partial charge in [-0.25, -0.2) is 35.1 Å². The quantitative estimate of drug-likeness (QED) is 0.266. The van der Waals surface area contributed by atoms with Gasteiger partial charge >= 0.3 is 0 Å². The fourth-order valence-corrected chi connectivity index (χ4v) is 8.24. The molecule has 5 rings (SSSR count). The van der Waals surface area contributed by atoms with Gasteiger partial charge in [-0.1, -0.05) is 0 Å². The van der Waals surface area contributed by atoms with E-state index in [9.17, 15) is 35.2 Å². The maximum atomic E-state index is 13.5. The van der Waals surface area contributed by atoms with Crippen LogP contribution in [-0.2, 0) is 34.7 Å². The predicted molar refractivity (Wildman–Crippen MR) is 138 cm³/mol. The highest BCUT2D eigenvalue weighted by molar-refractivity contribution is 7.90. The van der Waals surface area contributed by atoms with Gasteiger partial charge in [-0.15, -0.1) is 11.3 Å². The number of rotatable bonds is 8. The monoisotopic (exact) mass is 612 g/mol. The Morgan fingerprint density at radius 2 is 1.95 bits per heavy atom. The zero-order chi connectivity index (χ0) is 28.3. The number of thiophene rings is 1. The number of aryl methyl sites for hydroxylation is 2. The van der Waals surface area contributed by atoms with Gasteiger partial charge < -0.3 is 16.0 Å². The summed E-state index contributed by atoms with van der Waals surface area (Å²) in [5.41, 5.74) is -0.0108. The van der Waals surface area contributed by atoms with Crippen molar-refractivity contribution in [3.05, 3.63) is 22.2 Å². The molecule has 17 heteroatoms. The summed E-state index contributed by atoms with van der Waals surface area (Å²) in [6, 6.07) is -0.152. The number of aromatic nitrogens is 2. The lowest BCUT2D eigenvalue weighted by atomic mass is 9.89. The lowest BCUT2D eigenvalue weighted by molar-refractivity contribution is -0.117. The van der Waals surface area contributed by atoms with Gasteiger partial charge in [0.1, 0.15) is 27.6 Å². The van der Waals surface area contributed by atoms with E-state index in [-0.39, 0.29) is 39.7 Å². The molecular weight excluding hydrogens is 587 g/mol. The number of fused-ring (bicyclic) bond motifs is 1. The third-order valence-electron chi connectivity index (χ3n) is 6.88. The highest BCUT2D eigenvalue weighted by atomic mass is 32.2. The Hall–Kier alpha value is -2.37. The summed E-state index contributed by atoms with van der Waals surface area (Å²) < 4.78 is 96.4. The topological polar surface area (TPSA) is 117 Å². The number of alkyl halides is 5. The van der Waals surface area contributed by atoms with E-state index < -0.39 is 64.9 Å². The molecule has 0 aliphatic heterocycles. The lowest BCUT2D eigenvalue weighted by Gasteiger charge is -2.35. The molecule has 4 N–H and O–H groups in total. The molecule has 0 radical (unpaired) electrons. The molecule has 2 saturated carbocycles. The number of amides is 1. The molecule has 2 unspecified atom stereocenters. The second-order valence-electron chi connectivity index (χ2n) is 10.0. The van der Waals surface area contributed by atoms with Crippen LogP contribution in [0.25, 0.3) is 0 Å². The van der Waals surface area contributed by atoms with Gasteiger partial charge in [-0.2, -0.15) is 5.10 Å². The SMILES string of the molecule is Cn1nc(C(F)F)cc1NC(=S)N[C@H]1CCc2sc(NC(=O)C3CC3F)c(S(=O)(=O)NC3CC(F)(F)C3)c2C1. The Kier molecular flexibility index (Phi) is 7.39. The van der Waals surface area contributed by atoms with Gasteiger partial charge in [0, 0.05) is 42.9 Å². The molecule has 3 aliphatic carbocycles. The van der Waals surface area contributed by atoms with Crippen molar-refractivity contribution < 1.29 is 35.2 Å². The van der Waals surface area contributed by atoms with Crippen molar-refractivity contribution in [2.24, 2.45) is 13.0 Å². The van der Waals surface area contributed by atoms with Crippen LogP contribution in [0.1, 0.15) is 48.2 Å². The largest absolute Gasteiger partial charge is 0.359 e. The molecule has 39 heavy (non-hydrogen) atoms. The van der Waals surface area contributed by atoms with E-state index in [2.05, 4.69) is 25.8 Å². The van der Waals surface area contributed by atoms with Crippen molar-refractivity contribution in [1.82, 2.24) is 19.8 Å². The molecule has 0 bridgehead atoms. The molecule has 0 saturated heterocycles. The third-order valence-corrected chi connectivity index (χ3v) is 10.1. The van der Waals surface area contributed by atoms with Crippen molar-refractivity contribution in [2.75, 3.05) is 10.6 Å². The minimum Gasteiger partial charge on any atom is -0.359 e. The number of carbonyl (C=O) groups excluding carboxylic acids is 1. The standard InChI is InChI=1S/C22H25F5N6O3S3/c1-33-16(6-14(31-33)18(24)25)29-21(37)28-9-2-3-15-12(4-9)17(20(38-15)30-19(34)11-5-13(11)23)39(35,36)32-10-7-22(26,27)8-10/h6,9-11,13,18,32H,2-5,7-8H2,1H3,(H,30,34)(H2,28,29,37)/t9-,11?,13?/m0/s1. The zero-order valence-corrected chi connectivity index (χ0v) is 22.9. The van der Waals surface area contributed by atoms with Crippen molar-refractivity contribution >= 4 is 55.4 Å². The van der Waals surface area contributed by atoms with Gasteiger partial charge in [0.25, 0.3) is 12.3 Å². The van der Waals surface area contributed by atoms with E-state index in [1.807, 2.05) is 0 Å². The molecule has 3 atom stereocenters. The molecule has 214 valence electrons. The summed E-state index contributed by atoms with van der Waals surface area (Å²) in [5, 5.41) is 12.2. The molecule has 2 aromatic rings. The first kappa shape index (κ1) is 28.2. The van der Waals surface area contributed by atoms with Crippen molar-refractivity contribution in [3.8, 4) is 0 Å². The number of sulfonamides is 1. The van der Waals surface area contributed by atoms with E-state index >= 15 is 0 Å². The number of nitrogens with one attached hydrogen (secondary N) is 4. The van der Waals surface area contributed by atoms with Gasteiger partial charge in [-0.3, -0.25) is 9.48 Å². The van der Waals surface area contributed by atoms with Crippen LogP contribution in [0.3, 0.4) is 0 Å². The number of nitrogens with zero attached hydrogens (tertiary/aromatic N) is 2. The van der Waals surface area contributed by atoms with Crippen LogP contribution in [0.15, 0.2) is 11.0 Å². The van der Waals surface area contributed by atoms with E-state index in [1.165, 1.54) is 11.7 Å². The first-order chi connectivity index (χ1) is 18.2. The highest BCUT2D eigenvalue weighted by Gasteiger charge is 2.48. The van der Waals surface area contributed by atoms with Crippen LogP contribution < -0.4 is 20.7 Å². The smallest absolute Gasteiger partial charge is 0.282 e. The molecule has 2 aromatic heterocycles. The molecule has 2 fully saturated rings. The summed E-state index contributed by atoms with van der Waals surface area (Å²) in [6.07, 6.45) is -4.11. The van der Waals surface area contributed by atoms with Crippen LogP contribution in [0.5, 0.6) is 0 Å². The first-order valence-corrected chi connectivity index (χ1v) is 14.8. The number of hydrogen-bond acceptors (Lipinski definition) is 6. The summed E-state index contributed by atoms with van der Waals surface area (Å²) in [5.74, 6) is -4.20. The van der Waals surface area contributed by atoms with Gasteiger partial charge in [0.15, 0.2) is 5.11 Å². The summed E-state index contributed by atoms with van der Waals surface area (Å²) in [7, 11) is -2.84. The number of thiocarbonyl (C=S) groups is 1. The second-order valence-corrected chi connectivity index (χ2v) is 13.2. The third kappa shape index (κ3) is 6.05. The van der Waals surface area contributed by atoms with Crippen molar-refractivity contribution in [1.29, 1.82) is 0 Å². The predicted octanol–water partition coefficient (Wildman–Crippen LogP) is 3.64. The van der Waals surface area contributed by atoms with Gasteiger partial charge in [-0.05, 0) is 43.5 Å².